The molecule has 0 spiro atoms. The first-order valence-corrected chi connectivity index (χ1v) is 8.30. The van der Waals surface area contributed by atoms with Gasteiger partial charge in [0.1, 0.15) is 17.1 Å². The quantitative estimate of drug-likeness (QED) is 0.590. The molecule has 0 saturated heterocycles. The molecule has 27 heavy (non-hydrogen) atoms. The van der Waals surface area contributed by atoms with Gasteiger partial charge in [0.05, 0.1) is 6.04 Å². The van der Waals surface area contributed by atoms with Crippen LogP contribution in [0.1, 0.15) is 34.6 Å². The molecule has 3 rings (SSSR count). The summed E-state index contributed by atoms with van der Waals surface area (Å²) in [4.78, 5) is 11.7. The zero-order valence-electron chi connectivity index (χ0n) is 14.3. The van der Waals surface area contributed by atoms with Gasteiger partial charge in [-0.15, -0.1) is 12.4 Å². The molecule has 0 aliphatic heterocycles. The number of aromatic nitrogens is 1. The lowest BCUT2D eigenvalue weighted by atomic mass is 10.0. The lowest BCUT2D eigenvalue weighted by Gasteiger charge is -2.12. The van der Waals surface area contributed by atoms with Crippen LogP contribution in [0.25, 0.3) is 11.3 Å². The molecule has 0 unspecified atom stereocenters. The van der Waals surface area contributed by atoms with Gasteiger partial charge in [-0.2, -0.15) is 0 Å². The molecule has 2 aromatic carbocycles. The molecule has 2 N–H and O–H groups in total. The number of nitrogens with zero attached hydrogens (tertiary/aromatic N) is 1. The van der Waals surface area contributed by atoms with Crippen LogP contribution in [-0.4, -0.2) is 16.2 Å². The van der Waals surface area contributed by atoms with Crippen molar-refractivity contribution in [3.05, 3.63) is 76.3 Å². The number of carboxylic acid groups (broad SMARTS) is 1. The smallest absolute Gasteiger partial charge is 0.341 e. The molecule has 0 fully saturated rings. The lowest BCUT2D eigenvalue weighted by Crippen LogP contribution is -2.19. The summed E-state index contributed by atoms with van der Waals surface area (Å²) in [5.74, 6) is -1.36. The minimum atomic E-state index is -1.16. The van der Waals surface area contributed by atoms with Gasteiger partial charge in [0.2, 0.25) is 0 Å². The summed E-state index contributed by atoms with van der Waals surface area (Å²) in [6.07, 6.45) is 0. The number of nitrogens with one attached hydrogen (secondary N) is 1. The Kier molecular flexibility index (Phi) is 6.96. The molecule has 0 saturated carbocycles. The summed E-state index contributed by atoms with van der Waals surface area (Å²) >= 11 is 5.97. The molecular weight excluding hydrogens is 394 g/mol. The molecule has 3 aromatic rings. The van der Waals surface area contributed by atoms with Crippen LogP contribution >= 0.6 is 24.0 Å². The average molecular weight is 411 g/mol. The van der Waals surface area contributed by atoms with Gasteiger partial charge in [0.15, 0.2) is 5.76 Å². The normalized spacial score (nSPS) is 11.7. The highest BCUT2D eigenvalue weighted by Crippen LogP contribution is 2.29. The van der Waals surface area contributed by atoms with Crippen molar-refractivity contribution < 1.29 is 18.8 Å². The third kappa shape index (κ3) is 4.86. The topological polar surface area (TPSA) is 75.4 Å². The molecule has 1 heterocycles. The van der Waals surface area contributed by atoms with Gasteiger partial charge < -0.3 is 14.9 Å². The Morgan fingerprint density at radius 1 is 1.30 bits per heavy atom. The summed E-state index contributed by atoms with van der Waals surface area (Å²) in [6.45, 7) is 2.26. The van der Waals surface area contributed by atoms with Crippen molar-refractivity contribution in [3.8, 4) is 11.3 Å². The summed E-state index contributed by atoms with van der Waals surface area (Å²) in [6, 6.07) is 12.4. The largest absolute Gasteiger partial charge is 0.477 e. The Labute approximate surface area is 166 Å². The predicted octanol–water partition coefficient (Wildman–Crippen LogP) is 5.10. The van der Waals surface area contributed by atoms with Gasteiger partial charge in [0.25, 0.3) is 0 Å². The maximum atomic E-state index is 13.1. The first kappa shape index (κ1) is 20.9. The molecule has 5 nitrogen and oxygen atoms in total. The maximum absolute atomic E-state index is 13.1. The van der Waals surface area contributed by atoms with E-state index in [2.05, 4.69) is 10.5 Å². The van der Waals surface area contributed by atoms with Crippen molar-refractivity contribution in [3.63, 3.8) is 0 Å². The van der Waals surface area contributed by atoms with Crippen LogP contribution in [0.4, 0.5) is 4.39 Å². The second-order valence-electron chi connectivity index (χ2n) is 5.81. The summed E-state index contributed by atoms with van der Waals surface area (Å²) in [7, 11) is 0. The molecule has 0 radical (unpaired) electrons. The fourth-order valence-electron chi connectivity index (χ4n) is 2.62. The molecular formula is C19H17Cl2FN2O3. The third-order valence-corrected chi connectivity index (χ3v) is 4.18. The second kappa shape index (κ2) is 8.99. The van der Waals surface area contributed by atoms with E-state index in [1.54, 1.807) is 13.0 Å². The highest BCUT2D eigenvalue weighted by atomic mass is 35.5. The van der Waals surface area contributed by atoms with E-state index in [-0.39, 0.29) is 29.4 Å². The van der Waals surface area contributed by atoms with Gasteiger partial charge in [-0.05, 0) is 48.9 Å². The van der Waals surface area contributed by atoms with E-state index in [0.29, 0.717) is 17.1 Å². The van der Waals surface area contributed by atoms with Gasteiger partial charge in [-0.25, -0.2) is 9.18 Å². The van der Waals surface area contributed by atoms with Gasteiger partial charge in [-0.3, -0.25) is 0 Å². The molecule has 142 valence electrons. The fraction of sp³-hybridized carbons (Fsp3) is 0.158. The number of aromatic carboxylic acids is 1. The van der Waals surface area contributed by atoms with Crippen molar-refractivity contribution in [1.82, 2.24) is 10.5 Å². The number of benzene rings is 2. The van der Waals surface area contributed by atoms with Crippen LogP contribution in [0.3, 0.4) is 0 Å². The molecule has 1 aromatic heterocycles. The number of hydrogen-bond donors (Lipinski definition) is 2. The number of rotatable bonds is 6. The molecule has 0 aliphatic rings. The molecule has 1 atom stereocenters. The minimum absolute atomic E-state index is 0. The lowest BCUT2D eigenvalue weighted by molar-refractivity contribution is 0.0694. The highest BCUT2D eigenvalue weighted by Gasteiger charge is 2.27. The summed E-state index contributed by atoms with van der Waals surface area (Å²) < 4.78 is 18.4. The summed E-state index contributed by atoms with van der Waals surface area (Å²) in [5.41, 5.74) is 1.56. The van der Waals surface area contributed by atoms with Crippen LogP contribution in [0, 0.1) is 5.82 Å². The SMILES string of the molecule is C[C@@H](NCc1cccc(Cl)c1)c1onc(-c2ccc(F)cc2)c1C(=O)O.Cl. The van der Waals surface area contributed by atoms with Gasteiger partial charge in [-0.1, -0.05) is 28.9 Å². The summed E-state index contributed by atoms with van der Waals surface area (Å²) in [5, 5.41) is 17.3. The van der Waals surface area contributed by atoms with Crippen molar-refractivity contribution in [1.29, 1.82) is 0 Å². The predicted molar refractivity (Wildman–Crippen MR) is 103 cm³/mol. The Morgan fingerprint density at radius 3 is 2.63 bits per heavy atom. The molecule has 0 aliphatic carbocycles. The zero-order chi connectivity index (χ0) is 18.7. The van der Waals surface area contributed by atoms with Crippen LogP contribution < -0.4 is 5.32 Å². The Hall–Kier alpha value is -2.41. The standard InChI is InChI=1S/C19H16ClFN2O3.ClH/c1-11(22-10-12-3-2-4-14(20)9-12)18-16(19(24)25)17(23-26-18)13-5-7-15(21)8-6-13;/h2-9,11,22H,10H2,1H3,(H,24,25);1H/t11-;/m1./s1. The van der Waals surface area contributed by atoms with Crippen molar-refractivity contribution in [2.45, 2.75) is 19.5 Å². The third-order valence-electron chi connectivity index (χ3n) is 3.94. The number of carbonyl (C=O) groups is 1. The molecule has 8 heteroatoms. The Bertz CT molecular complexity index is 929. The van der Waals surface area contributed by atoms with Crippen molar-refractivity contribution in [2.24, 2.45) is 0 Å². The van der Waals surface area contributed by atoms with Gasteiger partial charge >= 0.3 is 5.97 Å². The zero-order valence-corrected chi connectivity index (χ0v) is 15.9. The van der Waals surface area contributed by atoms with Crippen LogP contribution in [0.5, 0.6) is 0 Å². The number of hydrogen-bond acceptors (Lipinski definition) is 4. The van der Waals surface area contributed by atoms with E-state index < -0.39 is 17.8 Å². The van der Waals surface area contributed by atoms with E-state index in [0.717, 1.165) is 5.56 Å². The van der Waals surface area contributed by atoms with Crippen LogP contribution in [0.15, 0.2) is 53.1 Å². The van der Waals surface area contributed by atoms with Crippen molar-refractivity contribution >= 4 is 30.0 Å². The fourth-order valence-corrected chi connectivity index (χ4v) is 2.83. The molecule has 0 amide bonds. The van der Waals surface area contributed by atoms with E-state index in [1.165, 1.54) is 24.3 Å². The average Bonchev–Trinajstić information content (AvgIpc) is 3.06. The molecule has 0 bridgehead atoms. The van der Waals surface area contributed by atoms with Crippen LogP contribution in [-0.2, 0) is 6.54 Å². The van der Waals surface area contributed by atoms with Gasteiger partial charge in [0, 0.05) is 17.1 Å². The highest BCUT2D eigenvalue weighted by molar-refractivity contribution is 6.30. The van der Waals surface area contributed by atoms with Crippen molar-refractivity contribution in [2.75, 3.05) is 0 Å². The number of halogens is 3. The van der Waals surface area contributed by atoms with E-state index in [9.17, 15) is 14.3 Å². The second-order valence-corrected chi connectivity index (χ2v) is 6.25. The monoisotopic (exact) mass is 410 g/mol. The Balaban J connectivity index is 0.00000261. The first-order valence-electron chi connectivity index (χ1n) is 7.92. The maximum Gasteiger partial charge on any atom is 0.341 e. The van der Waals surface area contributed by atoms with E-state index in [1.807, 2.05) is 18.2 Å². The minimum Gasteiger partial charge on any atom is -0.477 e. The van der Waals surface area contributed by atoms with E-state index >= 15 is 0 Å². The van der Waals surface area contributed by atoms with Crippen LogP contribution in [0.2, 0.25) is 5.02 Å². The first-order chi connectivity index (χ1) is 12.5. The number of carboxylic acids is 1. The van der Waals surface area contributed by atoms with E-state index in [4.69, 9.17) is 16.1 Å². The Morgan fingerprint density at radius 2 is 2.00 bits per heavy atom.